The Labute approximate surface area is 194 Å². The molecule has 0 amide bonds. The molecule has 2 aromatic rings. The normalized spacial score (nSPS) is 14.2. The van der Waals surface area contributed by atoms with Crippen molar-refractivity contribution in [2.24, 2.45) is 0 Å². The van der Waals surface area contributed by atoms with Crippen LogP contribution in [0.15, 0.2) is 42.5 Å². The van der Waals surface area contributed by atoms with Crippen LogP contribution in [0.3, 0.4) is 0 Å². The van der Waals surface area contributed by atoms with E-state index in [1.807, 2.05) is 0 Å². The van der Waals surface area contributed by atoms with E-state index in [9.17, 15) is 4.79 Å². The average molecular weight is 437 g/mol. The third kappa shape index (κ3) is 6.75. The molecule has 2 aliphatic heterocycles. The molecular weight excluding hydrogens is 396 g/mol. The Morgan fingerprint density at radius 1 is 1.00 bits per heavy atom. The molecule has 0 fully saturated rings. The molecule has 0 saturated heterocycles. The molecular formula is C28H40N2O2. The highest BCUT2D eigenvalue weighted by molar-refractivity contribution is 5.69. The number of unbranched alkanes of at least 4 members (excludes halogenated alkanes) is 1. The van der Waals surface area contributed by atoms with Crippen LogP contribution >= 0.6 is 0 Å². The monoisotopic (exact) mass is 436 g/mol. The number of carbonyl (C=O) groups excluding carboxylic acids is 1. The molecule has 0 aromatic heterocycles. The minimum atomic E-state index is -0.125. The van der Waals surface area contributed by atoms with E-state index >= 15 is 0 Å². The van der Waals surface area contributed by atoms with Crippen LogP contribution < -0.4 is 9.80 Å². The van der Waals surface area contributed by atoms with Crippen molar-refractivity contribution in [3.05, 3.63) is 59.2 Å². The second kappa shape index (κ2) is 12.5. The number of carbonyl (C=O) groups is 1. The maximum Gasteiger partial charge on any atom is 0.305 e. The molecule has 0 unspecified atom stereocenters. The number of methoxy groups -OCH3 is 1. The Morgan fingerprint density at radius 2 is 1.66 bits per heavy atom. The van der Waals surface area contributed by atoms with Gasteiger partial charge >= 0.3 is 5.97 Å². The molecule has 0 bridgehead atoms. The molecule has 2 aromatic carbocycles. The van der Waals surface area contributed by atoms with Gasteiger partial charge < -0.3 is 14.5 Å². The van der Waals surface area contributed by atoms with E-state index in [0.717, 1.165) is 19.5 Å². The van der Waals surface area contributed by atoms with Crippen LogP contribution in [0.2, 0.25) is 0 Å². The molecule has 4 nitrogen and oxygen atoms in total. The summed E-state index contributed by atoms with van der Waals surface area (Å²) in [5.74, 6) is -0.125. The summed E-state index contributed by atoms with van der Waals surface area (Å²) in [4.78, 5) is 16.1. The first kappa shape index (κ1) is 24.2. The first-order valence-electron chi connectivity index (χ1n) is 12.4. The van der Waals surface area contributed by atoms with Crippen LogP contribution in [0.25, 0.3) is 0 Å². The third-order valence-electron chi connectivity index (χ3n) is 6.45. The molecule has 32 heavy (non-hydrogen) atoms. The number of para-hydroxylation sites is 1. The number of hydrogen-bond donors (Lipinski definition) is 0. The third-order valence-corrected chi connectivity index (χ3v) is 6.45. The summed E-state index contributed by atoms with van der Waals surface area (Å²) in [7, 11) is 1.44. The number of esters is 1. The van der Waals surface area contributed by atoms with Crippen LogP contribution in [-0.2, 0) is 22.4 Å². The standard InChI is InChI=1S/C16H25NO2.C12H15N/c1-4-5-11-17(12-7-10-16(18)19-3)15-9-6-8-14(2)13-15;1-4-10-6-2-8-13-9-3-7-11(5-1)12(10)13/h6,8-9,13H,4-5,7,10-12H2,1-3H3;1,4-5H,2-3,6-9H2. The van der Waals surface area contributed by atoms with E-state index in [2.05, 4.69) is 70.8 Å². The van der Waals surface area contributed by atoms with E-state index < -0.39 is 0 Å². The lowest BCUT2D eigenvalue weighted by atomic mass is 9.92. The van der Waals surface area contributed by atoms with Gasteiger partial charge in [0.15, 0.2) is 0 Å². The number of aryl methyl sites for hydroxylation is 3. The van der Waals surface area contributed by atoms with Crippen LogP contribution in [0.5, 0.6) is 0 Å². The van der Waals surface area contributed by atoms with E-state index in [4.69, 9.17) is 0 Å². The average Bonchev–Trinajstić information content (AvgIpc) is 2.82. The first-order valence-corrected chi connectivity index (χ1v) is 12.4. The van der Waals surface area contributed by atoms with E-state index in [1.165, 1.54) is 70.0 Å². The minimum absolute atomic E-state index is 0.125. The highest BCUT2D eigenvalue weighted by Gasteiger charge is 2.22. The van der Waals surface area contributed by atoms with E-state index in [0.29, 0.717) is 6.42 Å². The molecule has 2 aliphatic rings. The fourth-order valence-corrected chi connectivity index (χ4v) is 4.77. The lowest BCUT2D eigenvalue weighted by Crippen LogP contribution is -2.34. The fraction of sp³-hybridized carbons (Fsp3) is 0.536. The van der Waals surface area contributed by atoms with Gasteiger partial charge in [-0.25, -0.2) is 0 Å². The van der Waals surface area contributed by atoms with Gasteiger partial charge in [0.05, 0.1) is 7.11 Å². The summed E-state index contributed by atoms with van der Waals surface area (Å²) in [6.45, 7) is 8.81. The predicted octanol–water partition coefficient (Wildman–Crippen LogP) is 5.94. The smallest absolute Gasteiger partial charge is 0.305 e. The lowest BCUT2D eigenvalue weighted by Gasteiger charge is -2.36. The van der Waals surface area contributed by atoms with Crippen molar-refractivity contribution >= 4 is 17.3 Å². The summed E-state index contributed by atoms with van der Waals surface area (Å²) >= 11 is 0. The SMILES string of the molecule is CCCCN(CCCC(=O)OC)c1cccc(C)c1.c1cc2c3c(c1)CCCN3CCC2. The summed E-state index contributed by atoms with van der Waals surface area (Å²) in [6.07, 6.45) is 8.95. The second-order valence-electron chi connectivity index (χ2n) is 8.98. The molecule has 2 heterocycles. The quantitative estimate of drug-likeness (QED) is 0.480. The predicted molar refractivity (Wildman–Crippen MR) is 135 cm³/mol. The maximum absolute atomic E-state index is 11.2. The Hall–Kier alpha value is -2.49. The van der Waals surface area contributed by atoms with Crippen molar-refractivity contribution in [1.82, 2.24) is 0 Å². The highest BCUT2D eigenvalue weighted by Crippen LogP contribution is 2.34. The van der Waals surface area contributed by atoms with Crippen molar-refractivity contribution in [2.75, 3.05) is 43.1 Å². The Kier molecular flexibility index (Phi) is 9.45. The zero-order valence-corrected chi connectivity index (χ0v) is 20.2. The molecule has 0 N–H and O–H groups in total. The van der Waals surface area contributed by atoms with Crippen LogP contribution in [-0.4, -0.2) is 39.3 Å². The topological polar surface area (TPSA) is 32.8 Å². The lowest BCUT2D eigenvalue weighted by molar-refractivity contribution is -0.140. The molecule has 0 atom stereocenters. The number of nitrogens with zero attached hydrogens (tertiary/aromatic N) is 2. The number of ether oxygens (including phenoxy) is 1. The van der Waals surface area contributed by atoms with Gasteiger partial charge in [0.2, 0.25) is 0 Å². The Morgan fingerprint density at radius 3 is 2.28 bits per heavy atom. The largest absolute Gasteiger partial charge is 0.469 e. The summed E-state index contributed by atoms with van der Waals surface area (Å²) in [6, 6.07) is 15.4. The van der Waals surface area contributed by atoms with Gasteiger partial charge in [0.1, 0.15) is 0 Å². The van der Waals surface area contributed by atoms with E-state index in [1.54, 1.807) is 16.8 Å². The Bertz CT molecular complexity index is 836. The minimum Gasteiger partial charge on any atom is -0.469 e. The van der Waals surface area contributed by atoms with Gasteiger partial charge in [-0.05, 0) is 74.3 Å². The van der Waals surface area contributed by atoms with Gasteiger partial charge in [0.25, 0.3) is 0 Å². The molecule has 0 saturated carbocycles. The number of anilines is 2. The van der Waals surface area contributed by atoms with Gasteiger partial charge in [-0.3, -0.25) is 4.79 Å². The summed E-state index contributed by atoms with van der Waals surface area (Å²) < 4.78 is 4.68. The van der Waals surface area contributed by atoms with Crippen LogP contribution in [0.4, 0.5) is 11.4 Å². The van der Waals surface area contributed by atoms with Crippen molar-refractivity contribution in [2.45, 2.75) is 65.2 Å². The van der Waals surface area contributed by atoms with Gasteiger partial charge in [-0.2, -0.15) is 0 Å². The Balaban J connectivity index is 0.000000191. The van der Waals surface area contributed by atoms with Crippen LogP contribution in [0, 0.1) is 6.92 Å². The highest BCUT2D eigenvalue weighted by atomic mass is 16.5. The van der Waals surface area contributed by atoms with Gasteiger partial charge in [-0.15, -0.1) is 0 Å². The van der Waals surface area contributed by atoms with Crippen molar-refractivity contribution in [3.8, 4) is 0 Å². The fourth-order valence-electron chi connectivity index (χ4n) is 4.77. The van der Waals surface area contributed by atoms with Crippen molar-refractivity contribution in [3.63, 3.8) is 0 Å². The van der Waals surface area contributed by atoms with Crippen molar-refractivity contribution < 1.29 is 9.53 Å². The summed E-state index contributed by atoms with van der Waals surface area (Å²) in [5, 5.41) is 0. The maximum atomic E-state index is 11.2. The molecule has 0 spiro atoms. The number of benzene rings is 2. The van der Waals surface area contributed by atoms with Crippen LogP contribution in [0.1, 0.15) is 62.1 Å². The molecule has 4 rings (SSSR count). The van der Waals surface area contributed by atoms with E-state index in [-0.39, 0.29) is 5.97 Å². The molecule has 174 valence electrons. The number of hydrogen-bond acceptors (Lipinski definition) is 4. The molecule has 4 heteroatoms. The first-order chi connectivity index (χ1) is 15.6. The molecule has 0 aliphatic carbocycles. The molecule has 0 radical (unpaired) electrons. The van der Waals surface area contributed by atoms with Crippen molar-refractivity contribution in [1.29, 1.82) is 0 Å². The van der Waals surface area contributed by atoms with Gasteiger partial charge in [0, 0.05) is 44.0 Å². The summed E-state index contributed by atoms with van der Waals surface area (Å²) in [5.41, 5.74) is 7.28. The zero-order valence-electron chi connectivity index (χ0n) is 20.2. The second-order valence-corrected chi connectivity index (χ2v) is 8.98. The zero-order chi connectivity index (χ0) is 22.8. The van der Waals surface area contributed by atoms with Gasteiger partial charge in [-0.1, -0.05) is 43.7 Å². The number of rotatable bonds is 8.